The van der Waals surface area contributed by atoms with Gasteiger partial charge in [0.15, 0.2) is 23.0 Å². The minimum absolute atomic E-state index is 0.134. The van der Waals surface area contributed by atoms with E-state index in [1.54, 1.807) is 31.4 Å². The largest absolute Gasteiger partial charge is 0.493 e. The molecule has 0 aliphatic carbocycles. The Bertz CT molecular complexity index is 1080. The van der Waals surface area contributed by atoms with Gasteiger partial charge in [0, 0.05) is 5.56 Å². The standard InChI is InChI=1S/C26H29NO6S/c1-5-10-19-15-18(16-22(31-6-2)24(19)32-7-3)17-23-25(28)27(26(29)34-23)13-14-33-21-12-9-8-11-20(21)30-4/h5,8-9,11-12,15-17H,1,6-7,10,13-14H2,2-4H3/b23-17-. The third-order valence-corrected chi connectivity index (χ3v) is 5.83. The molecule has 180 valence electrons. The van der Waals surface area contributed by atoms with Crippen molar-refractivity contribution >= 4 is 29.0 Å². The molecule has 2 amide bonds. The van der Waals surface area contributed by atoms with Crippen molar-refractivity contribution in [2.24, 2.45) is 0 Å². The number of allylic oxidation sites excluding steroid dienone is 1. The molecule has 0 spiro atoms. The molecule has 0 radical (unpaired) electrons. The molecule has 34 heavy (non-hydrogen) atoms. The maximum absolute atomic E-state index is 12.9. The number of benzene rings is 2. The number of methoxy groups -OCH3 is 1. The Morgan fingerprint density at radius 3 is 2.41 bits per heavy atom. The summed E-state index contributed by atoms with van der Waals surface area (Å²) in [4.78, 5) is 27.0. The number of hydrogen-bond acceptors (Lipinski definition) is 7. The van der Waals surface area contributed by atoms with Crippen LogP contribution in [0.25, 0.3) is 6.08 Å². The van der Waals surface area contributed by atoms with Gasteiger partial charge in [-0.2, -0.15) is 0 Å². The molecule has 1 heterocycles. The Morgan fingerprint density at radius 2 is 1.74 bits per heavy atom. The lowest BCUT2D eigenvalue weighted by molar-refractivity contribution is -0.123. The normalized spacial score (nSPS) is 14.4. The highest BCUT2D eigenvalue weighted by Gasteiger charge is 2.35. The molecule has 2 aromatic carbocycles. The smallest absolute Gasteiger partial charge is 0.293 e. The Morgan fingerprint density at radius 1 is 1.00 bits per heavy atom. The van der Waals surface area contributed by atoms with E-state index in [1.807, 2.05) is 38.1 Å². The summed E-state index contributed by atoms with van der Waals surface area (Å²) >= 11 is 0.909. The second kappa shape index (κ2) is 12.2. The van der Waals surface area contributed by atoms with Crippen molar-refractivity contribution in [2.45, 2.75) is 20.3 Å². The third-order valence-electron chi connectivity index (χ3n) is 4.92. The van der Waals surface area contributed by atoms with E-state index in [9.17, 15) is 9.59 Å². The average Bonchev–Trinajstić information content (AvgIpc) is 3.09. The van der Waals surface area contributed by atoms with E-state index in [2.05, 4.69) is 6.58 Å². The summed E-state index contributed by atoms with van der Waals surface area (Å²) in [5.74, 6) is 2.06. The zero-order chi connectivity index (χ0) is 24.5. The van der Waals surface area contributed by atoms with Gasteiger partial charge >= 0.3 is 0 Å². The van der Waals surface area contributed by atoms with Crippen molar-refractivity contribution in [3.63, 3.8) is 0 Å². The fraction of sp³-hybridized carbons (Fsp3) is 0.308. The van der Waals surface area contributed by atoms with Crippen LogP contribution in [0.5, 0.6) is 23.0 Å². The Kier molecular flexibility index (Phi) is 9.04. The van der Waals surface area contributed by atoms with Crippen LogP contribution in [0.4, 0.5) is 4.79 Å². The van der Waals surface area contributed by atoms with E-state index in [4.69, 9.17) is 18.9 Å². The first-order valence-corrected chi connectivity index (χ1v) is 11.9. The van der Waals surface area contributed by atoms with Gasteiger partial charge in [0.25, 0.3) is 11.1 Å². The van der Waals surface area contributed by atoms with Gasteiger partial charge in [-0.15, -0.1) is 6.58 Å². The first-order valence-electron chi connectivity index (χ1n) is 11.1. The molecule has 0 atom stereocenters. The van der Waals surface area contributed by atoms with Gasteiger partial charge in [-0.05, 0) is 67.9 Å². The summed E-state index contributed by atoms with van der Waals surface area (Å²) in [5, 5.41) is -0.331. The Labute approximate surface area is 204 Å². The minimum atomic E-state index is -0.351. The maximum atomic E-state index is 12.9. The molecule has 7 nitrogen and oxygen atoms in total. The van der Waals surface area contributed by atoms with Gasteiger partial charge < -0.3 is 18.9 Å². The van der Waals surface area contributed by atoms with E-state index in [0.717, 1.165) is 22.9 Å². The van der Waals surface area contributed by atoms with Crippen LogP contribution in [-0.2, 0) is 11.2 Å². The van der Waals surface area contributed by atoms with Crippen molar-refractivity contribution in [3.05, 3.63) is 65.1 Å². The number of ether oxygens (including phenoxy) is 4. The van der Waals surface area contributed by atoms with Crippen LogP contribution >= 0.6 is 11.8 Å². The number of hydrogen-bond donors (Lipinski definition) is 0. The second-order valence-electron chi connectivity index (χ2n) is 7.20. The van der Waals surface area contributed by atoms with Crippen LogP contribution in [0.2, 0.25) is 0 Å². The van der Waals surface area contributed by atoms with Crippen LogP contribution in [0.3, 0.4) is 0 Å². The number of thioether (sulfide) groups is 1. The molecule has 3 rings (SSSR count). The first-order chi connectivity index (χ1) is 16.5. The van der Waals surface area contributed by atoms with Crippen LogP contribution in [0.1, 0.15) is 25.0 Å². The molecular formula is C26H29NO6S. The summed E-state index contributed by atoms with van der Waals surface area (Å²) in [6, 6.07) is 11.0. The SMILES string of the molecule is C=CCc1cc(/C=C2\SC(=O)N(CCOc3ccccc3OC)C2=O)cc(OCC)c1OCC. The molecule has 1 fully saturated rings. The fourth-order valence-corrected chi connectivity index (χ4v) is 4.34. The van der Waals surface area contributed by atoms with Gasteiger partial charge in [-0.1, -0.05) is 18.2 Å². The van der Waals surface area contributed by atoms with Crippen LogP contribution in [0.15, 0.2) is 54.0 Å². The Hall–Kier alpha value is -3.39. The zero-order valence-electron chi connectivity index (χ0n) is 19.7. The number of carbonyl (C=O) groups is 2. The Balaban J connectivity index is 1.77. The number of carbonyl (C=O) groups excluding carboxylic acids is 2. The van der Waals surface area contributed by atoms with Crippen LogP contribution < -0.4 is 18.9 Å². The van der Waals surface area contributed by atoms with Crippen molar-refractivity contribution in [3.8, 4) is 23.0 Å². The predicted octanol–water partition coefficient (Wildman–Crippen LogP) is 5.34. The highest BCUT2D eigenvalue weighted by Crippen LogP contribution is 2.37. The molecule has 2 aromatic rings. The molecule has 0 N–H and O–H groups in total. The number of rotatable bonds is 12. The highest BCUT2D eigenvalue weighted by atomic mass is 32.2. The van der Waals surface area contributed by atoms with Crippen molar-refractivity contribution < 1.29 is 28.5 Å². The van der Waals surface area contributed by atoms with Gasteiger partial charge in [-0.3, -0.25) is 14.5 Å². The van der Waals surface area contributed by atoms with E-state index >= 15 is 0 Å². The number of para-hydroxylation sites is 2. The van der Waals surface area contributed by atoms with Gasteiger partial charge in [-0.25, -0.2) is 0 Å². The molecule has 1 aliphatic rings. The van der Waals surface area contributed by atoms with Crippen LogP contribution in [-0.4, -0.2) is 49.5 Å². The lowest BCUT2D eigenvalue weighted by Gasteiger charge is -2.16. The summed E-state index contributed by atoms with van der Waals surface area (Å²) in [7, 11) is 1.56. The molecule has 0 unspecified atom stereocenters. The van der Waals surface area contributed by atoms with Crippen molar-refractivity contribution in [2.75, 3.05) is 33.5 Å². The molecule has 0 bridgehead atoms. The lowest BCUT2D eigenvalue weighted by atomic mass is 10.0. The number of imide groups is 1. The minimum Gasteiger partial charge on any atom is -0.493 e. The zero-order valence-corrected chi connectivity index (χ0v) is 20.5. The molecule has 1 aliphatic heterocycles. The maximum Gasteiger partial charge on any atom is 0.293 e. The van der Waals surface area contributed by atoms with Crippen LogP contribution in [0, 0.1) is 0 Å². The first kappa shape index (κ1) is 25.2. The summed E-state index contributed by atoms with van der Waals surface area (Å²) < 4.78 is 22.6. The van der Waals surface area contributed by atoms with Gasteiger partial charge in [0.05, 0.1) is 31.8 Å². The van der Waals surface area contributed by atoms with E-state index < -0.39 is 0 Å². The molecular weight excluding hydrogens is 454 g/mol. The van der Waals surface area contributed by atoms with E-state index in [1.165, 1.54) is 4.90 Å². The molecule has 8 heteroatoms. The highest BCUT2D eigenvalue weighted by molar-refractivity contribution is 8.18. The summed E-state index contributed by atoms with van der Waals surface area (Å²) in [6.45, 7) is 8.89. The monoisotopic (exact) mass is 483 g/mol. The molecule has 1 saturated heterocycles. The molecule has 0 aromatic heterocycles. The number of amides is 2. The fourth-order valence-electron chi connectivity index (χ4n) is 3.47. The summed E-state index contributed by atoms with van der Waals surface area (Å²) in [6.07, 6.45) is 4.07. The third kappa shape index (κ3) is 5.94. The van der Waals surface area contributed by atoms with Crippen molar-refractivity contribution in [1.29, 1.82) is 0 Å². The van der Waals surface area contributed by atoms with E-state index in [0.29, 0.717) is 47.5 Å². The number of nitrogens with zero attached hydrogens (tertiary/aromatic N) is 1. The quantitative estimate of drug-likeness (QED) is 0.298. The van der Waals surface area contributed by atoms with E-state index in [-0.39, 0.29) is 24.3 Å². The lowest BCUT2D eigenvalue weighted by Crippen LogP contribution is -2.32. The van der Waals surface area contributed by atoms with Gasteiger partial charge in [0.2, 0.25) is 0 Å². The van der Waals surface area contributed by atoms with Crippen molar-refractivity contribution in [1.82, 2.24) is 4.90 Å². The summed E-state index contributed by atoms with van der Waals surface area (Å²) in [5.41, 5.74) is 1.65. The topological polar surface area (TPSA) is 74.3 Å². The predicted molar refractivity (Wildman–Crippen MR) is 134 cm³/mol. The molecule has 0 saturated carbocycles. The average molecular weight is 484 g/mol. The second-order valence-corrected chi connectivity index (χ2v) is 8.19. The van der Waals surface area contributed by atoms with Gasteiger partial charge in [0.1, 0.15) is 6.61 Å².